The topological polar surface area (TPSA) is 67.9 Å². The third-order valence-electron chi connectivity index (χ3n) is 4.77. The van der Waals surface area contributed by atoms with E-state index in [2.05, 4.69) is 5.32 Å². The van der Waals surface area contributed by atoms with Gasteiger partial charge in [0.1, 0.15) is 0 Å². The van der Waals surface area contributed by atoms with Gasteiger partial charge in [0.25, 0.3) is 11.8 Å². The molecule has 1 aliphatic heterocycles. The Labute approximate surface area is 159 Å². The number of methoxy groups -OCH3 is 2. The molecule has 2 aromatic carbocycles. The van der Waals surface area contributed by atoms with Crippen LogP contribution in [-0.4, -0.2) is 44.0 Å². The first-order valence-corrected chi connectivity index (χ1v) is 8.97. The van der Waals surface area contributed by atoms with Gasteiger partial charge < -0.3 is 19.7 Å². The smallest absolute Gasteiger partial charge is 0.256 e. The lowest BCUT2D eigenvalue weighted by atomic mass is 10.0. The summed E-state index contributed by atoms with van der Waals surface area (Å²) in [5.74, 6) is 0.683. The number of carbonyl (C=O) groups is 2. The van der Waals surface area contributed by atoms with E-state index in [1.54, 1.807) is 31.4 Å². The Morgan fingerprint density at radius 3 is 2.37 bits per heavy atom. The Morgan fingerprint density at radius 2 is 1.70 bits per heavy atom. The van der Waals surface area contributed by atoms with E-state index in [1.807, 2.05) is 24.0 Å². The van der Waals surface area contributed by atoms with Crippen LogP contribution < -0.4 is 14.8 Å². The fourth-order valence-electron chi connectivity index (χ4n) is 3.31. The van der Waals surface area contributed by atoms with Gasteiger partial charge in [-0.25, -0.2) is 0 Å². The highest BCUT2D eigenvalue weighted by Gasteiger charge is 2.24. The molecule has 0 aromatic heterocycles. The number of likely N-dealkylation sites (tertiary alicyclic amines) is 1. The number of ether oxygens (including phenoxy) is 2. The van der Waals surface area contributed by atoms with E-state index in [0.29, 0.717) is 28.3 Å². The zero-order valence-electron chi connectivity index (χ0n) is 15.9. The summed E-state index contributed by atoms with van der Waals surface area (Å²) >= 11 is 0. The lowest BCUT2D eigenvalue weighted by Gasteiger charge is -2.20. The predicted octanol–water partition coefficient (Wildman–Crippen LogP) is 3.50. The molecule has 0 aliphatic carbocycles. The van der Waals surface area contributed by atoms with Gasteiger partial charge in [-0.2, -0.15) is 0 Å². The van der Waals surface area contributed by atoms with E-state index in [0.717, 1.165) is 31.5 Å². The Kier molecular flexibility index (Phi) is 5.64. The van der Waals surface area contributed by atoms with Crippen molar-refractivity contribution in [3.05, 3.63) is 53.1 Å². The second-order valence-electron chi connectivity index (χ2n) is 6.52. The van der Waals surface area contributed by atoms with E-state index in [1.165, 1.54) is 7.11 Å². The van der Waals surface area contributed by atoms with Crippen LogP contribution in [0.1, 0.15) is 39.1 Å². The molecule has 0 bridgehead atoms. The first-order chi connectivity index (χ1) is 13.0. The minimum absolute atomic E-state index is 0.0341. The largest absolute Gasteiger partial charge is 0.493 e. The van der Waals surface area contributed by atoms with Gasteiger partial charge >= 0.3 is 0 Å². The minimum atomic E-state index is -0.308. The molecule has 1 fully saturated rings. The van der Waals surface area contributed by atoms with Crippen LogP contribution >= 0.6 is 0 Å². The summed E-state index contributed by atoms with van der Waals surface area (Å²) in [7, 11) is 3.06. The molecule has 6 heteroatoms. The number of benzene rings is 2. The highest BCUT2D eigenvalue weighted by atomic mass is 16.5. The molecule has 0 saturated carbocycles. The standard InChI is InChI=1S/C21H24N2O4/c1-14-7-6-8-16(19(14)21(25)23-11-4-5-12-23)22-20(24)15-9-10-17(26-2)18(13-15)27-3/h6-10,13H,4-5,11-12H2,1-3H3,(H,22,24). The first-order valence-electron chi connectivity index (χ1n) is 8.97. The van der Waals surface area contributed by atoms with Crippen molar-refractivity contribution in [2.24, 2.45) is 0 Å². The second-order valence-corrected chi connectivity index (χ2v) is 6.52. The molecule has 1 heterocycles. The molecule has 1 saturated heterocycles. The summed E-state index contributed by atoms with van der Waals surface area (Å²) in [5.41, 5.74) is 2.34. The highest BCUT2D eigenvalue weighted by Crippen LogP contribution is 2.29. The number of hydrogen-bond donors (Lipinski definition) is 1. The van der Waals surface area contributed by atoms with Crippen LogP contribution in [0.4, 0.5) is 5.69 Å². The number of nitrogens with zero attached hydrogens (tertiary/aromatic N) is 1. The summed E-state index contributed by atoms with van der Waals surface area (Å²) in [6, 6.07) is 10.4. The average Bonchev–Trinajstić information content (AvgIpc) is 3.22. The van der Waals surface area contributed by atoms with Gasteiger partial charge in [0, 0.05) is 18.7 Å². The van der Waals surface area contributed by atoms with Gasteiger partial charge in [0.2, 0.25) is 0 Å². The molecule has 0 unspecified atom stereocenters. The number of hydrogen-bond acceptors (Lipinski definition) is 4. The van der Waals surface area contributed by atoms with Gasteiger partial charge in [0.15, 0.2) is 11.5 Å². The molecule has 1 aliphatic rings. The zero-order valence-corrected chi connectivity index (χ0v) is 15.9. The molecule has 3 rings (SSSR count). The molecule has 0 radical (unpaired) electrons. The molecule has 2 amide bonds. The van der Waals surface area contributed by atoms with Crippen molar-refractivity contribution < 1.29 is 19.1 Å². The lowest BCUT2D eigenvalue weighted by Crippen LogP contribution is -2.29. The van der Waals surface area contributed by atoms with Crippen LogP contribution in [0.3, 0.4) is 0 Å². The first kappa shape index (κ1) is 18.8. The fraction of sp³-hybridized carbons (Fsp3) is 0.333. The fourth-order valence-corrected chi connectivity index (χ4v) is 3.31. The Morgan fingerprint density at radius 1 is 1.00 bits per heavy atom. The van der Waals surface area contributed by atoms with Gasteiger partial charge in [-0.05, 0) is 49.6 Å². The number of rotatable bonds is 5. The summed E-state index contributed by atoms with van der Waals surface area (Å²) in [4.78, 5) is 27.5. The van der Waals surface area contributed by atoms with Crippen LogP contribution in [0, 0.1) is 6.92 Å². The molecule has 27 heavy (non-hydrogen) atoms. The Bertz CT molecular complexity index is 857. The van der Waals surface area contributed by atoms with Gasteiger partial charge in [0.05, 0.1) is 25.5 Å². The second kappa shape index (κ2) is 8.12. The number of anilines is 1. The SMILES string of the molecule is COc1ccc(C(=O)Nc2cccc(C)c2C(=O)N2CCCC2)cc1OC. The molecule has 2 aromatic rings. The van der Waals surface area contributed by atoms with Crippen molar-refractivity contribution in [3.8, 4) is 11.5 Å². The molecule has 6 nitrogen and oxygen atoms in total. The Balaban J connectivity index is 1.88. The maximum Gasteiger partial charge on any atom is 0.256 e. The van der Waals surface area contributed by atoms with Crippen LogP contribution in [0.25, 0.3) is 0 Å². The van der Waals surface area contributed by atoms with Gasteiger partial charge in [-0.1, -0.05) is 12.1 Å². The third-order valence-corrected chi connectivity index (χ3v) is 4.77. The minimum Gasteiger partial charge on any atom is -0.493 e. The maximum absolute atomic E-state index is 12.9. The van der Waals surface area contributed by atoms with E-state index < -0.39 is 0 Å². The van der Waals surface area contributed by atoms with Gasteiger partial charge in [-0.3, -0.25) is 9.59 Å². The zero-order chi connectivity index (χ0) is 19.4. The third kappa shape index (κ3) is 3.89. The van der Waals surface area contributed by atoms with E-state index in [4.69, 9.17) is 9.47 Å². The van der Waals surface area contributed by atoms with Crippen molar-refractivity contribution in [1.29, 1.82) is 0 Å². The highest BCUT2D eigenvalue weighted by molar-refractivity contribution is 6.09. The van der Waals surface area contributed by atoms with Crippen LogP contribution in [-0.2, 0) is 0 Å². The van der Waals surface area contributed by atoms with Crippen molar-refractivity contribution in [3.63, 3.8) is 0 Å². The van der Waals surface area contributed by atoms with Crippen LogP contribution in [0.15, 0.2) is 36.4 Å². The monoisotopic (exact) mass is 368 g/mol. The quantitative estimate of drug-likeness (QED) is 0.877. The average molecular weight is 368 g/mol. The normalized spacial score (nSPS) is 13.4. The summed E-state index contributed by atoms with van der Waals surface area (Å²) in [5, 5.41) is 2.88. The number of nitrogens with one attached hydrogen (secondary N) is 1. The molecular weight excluding hydrogens is 344 g/mol. The van der Waals surface area contributed by atoms with Gasteiger partial charge in [-0.15, -0.1) is 0 Å². The summed E-state index contributed by atoms with van der Waals surface area (Å²) < 4.78 is 10.5. The van der Waals surface area contributed by atoms with Crippen molar-refractivity contribution >= 4 is 17.5 Å². The number of aryl methyl sites for hydroxylation is 1. The van der Waals surface area contributed by atoms with Crippen molar-refractivity contribution in [1.82, 2.24) is 4.90 Å². The number of amides is 2. The molecule has 1 N–H and O–H groups in total. The molecular formula is C21H24N2O4. The van der Waals surface area contributed by atoms with Crippen LogP contribution in [0.2, 0.25) is 0 Å². The summed E-state index contributed by atoms with van der Waals surface area (Å²) in [6.45, 7) is 3.40. The molecule has 142 valence electrons. The maximum atomic E-state index is 12.9. The predicted molar refractivity (Wildman–Crippen MR) is 104 cm³/mol. The van der Waals surface area contributed by atoms with Crippen molar-refractivity contribution in [2.45, 2.75) is 19.8 Å². The van der Waals surface area contributed by atoms with E-state index in [-0.39, 0.29) is 11.8 Å². The molecule has 0 atom stereocenters. The van der Waals surface area contributed by atoms with Crippen LogP contribution in [0.5, 0.6) is 11.5 Å². The van der Waals surface area contributed by atoms with E-state index in [9.17, 15) is 9.59 Å². The van der Waals surface area contributed by atoms with E-state index >= 15 is 0 Å². The number of carbonyl (C=O) groups excluding carboxylic acids is 2. The van der Waals surface area contributed by atoms with Crippen molar-refractivity contribution in [2.75, 3.05) is 32.6 Å². The summed E-state index contributed by atoms with van der Waals surface area (Å²) in [6.07, 6.45) is 2.04. The Hall–Kier alpha value is -3.02. The lowest BCUT2D eigenvalue weighted by molar-refractivity contribution is 0.0793. The molecule has 0 spiro atoms.